The van der Waals surface area contributed by atoms with Crippen molar-refractivity contribution in [3.8, 4) is 0 Å². The zero-order valence-electron chi connectivity index (χ0n) is 14.3. The first kappa shape index (κ1) is 20.2. The average Bonchev–Trinajstić information content (AvgIpc) is 2.38. The number of hydrogen-bond donors (Lipinski definition) is 2. The van der Waals surface area contributed by atoms with Gasteiger partial charge in [-0.2, -0.15) is 0 Å². The smallest absolute Gasteiger partial charge is 0.306 e. The van der Waals surface area contributed by atoms with Crippen molar-refractivity contribution in [2.45, 2.75) is 91.1 Å². The van der Waals surface area contributed by atoms with Crippen LogP contribution >= 0.6 is 0 Å². The number of rotatable bonds is 12. The summed E-state index contributed by atoms with van der Waals surface area (Å²) in [5.74, 6) is -1.06. The van der Waals surface area contributed by atoms with Crippen molar-refractivity contribution in [1.29, 1.82) is 0 Å². The molecule has 2 atom stereocenters. The largest absolute Gasteiger partial charge is 0.481 e. The van der Waals surface area contributed by atoms with Crippen molar-refractivity contribution in [3.63, 3.8) is 0 Å². The predicted molar refractivity (Wildman–Crippen MR) is 88.4 cm³/mol. The van der Waals surface area contributed by atoms with Crippen LogP contribution in [-0.4, -0.2) is 21.8 Å². The highest BCUT2D eigenvalue weighted by atomic mass is 16.4. The molecule has 0 amide bonds. The fourth-order valence-electron chi connectivity index (χ4n) is 2.44. The van der Waals surface area contributed by atoms with Crippen LogP contribution in [0.2, 0.25) is 0 Å². The SMILES string of the molecule is CCCCC=C(C)CCCC(C)(O)CCCC(C)C(=O)O. The summed E-state index contributed by atoms with van der Waals surface area (Å²) < 4.78 is 0. The van der Waals surface area contributed by atoms with Crippen LogP contribution in [-0.2, 0) is 4.79 Å². The van der Waals surface area contributed by atoms with E-state index in [0.29, 0.717) is 12.8 Å². The van der Waals surface area contributed by atoms with Gasteiger partial charge in [-0.1, -0.05) is 38.3 Å². The highest BCUT2D eigenvalue weighted by Crippen LogP contribution is 2.23. The van der Waals surface area contributed by atoms with Gasteiger partial charge in [0.15, 0.2) is 0 Å². The fraction of sp³-hybridized carbons (Fsp3) is 0.833. The van der Waals surface area contributed by atoms with Gasteiger partial charge in [0.2, 0.25) is 0 Å². The molecule has 0 rings (SSSR count). The Morgan fingerprint density at radius 3 is 2.43 bits per heavy atom. The van der Waals surface area contributed by atoms with Gasteiger partial charge in [0.1, 0.15) is 0 Å². The minimum absolute atomic E-state index is 0.315. The number of carboxylic acid groups (broad SMARTS) is 1. The lowest BCUT2D eigenvalue weighted by Crippen LogP contribution is -2.24. The van der Waals surface area contributed by atoms with E-state index in [-0.39, 0.29) is 5.92 Å². The summed E-state index contributed by atoms with van der Waals surface area (Å²) >= 11 is 0. The van der Waals surface area contributed by atoms with E-state index < -0.39 is 11.6 Å². The Bertz CT molecular complexity index is 318. The first-order valence-corrected chi connectivity index (χ1v) is 8.39. The van der Waals surface area contributed by atoms with Gasteiger partial charge < -0.3 is 10.2 Å². The Hall–Kier alpha value is -0.830. The molecule has 0 heterocycles. The molecule has 3 nitrogen and oxygen atoms in total. The monoisotopic (exact) mass is 298 g/mol. The number of aliphatic carboxylic acids is 1. The van der Waals surface area contributed by atoms with E-state index in [1.807, 2.05) is 6.92 Å². The van der Waals surface area contributed by atoms with Gasteiger partial charge in [0, 0.05) is 0 Å². The molecule has 124 valence electrons. The number of aliphatic hydroxyl groups is 1. The lowest BCUT2D eigenvalue weighted by atomic mass is 9.90. The third kappa shape index (κ3) is 11.5. The molecule has 2 N–H and O–H groups in total. The summed E-state index contributed by atoms with van der Waals surface area (Å²) in [5, 5.41) is 19.2. The first-order valence-electron chi connectivity index (χ1n) is 8.39. The van der Waals surface area contributed by atoms with Gasteiger partial charge in [0.05, 0.1) is 11.5 Å². The molecular weight excluding hydrogens is 264 g/mol. The Balaban J connectivity index is 3.86. The van der Waals surface area contributed by atoms with Crippen LogP contribution in [0.4, 0.5) is 0 Å². The van der Waals surface area contributed by atoms with E-state index in [2.05, 4.69) is 19.9 Å². The molecule has 0 radical (unpaired) electrons. The van der Waals surface area contributed by atoms with Crippen molar-refractivity contribution in [2.75, 3.05) is 0 Å². The van der Waals surface area contributed by atoms with Crippen molar-refractivity contribution in [2.24, 2.45) is 5.92 Å². The topological polar surface area (TPSA) is 57.5 Å². The molecule has 21 heavy (non-hydrogen) atoms. The molecule has 0 aliphatic rings. The molecule has 0 aliphatic heterocycles. The maximum absolute atomic E-state index is 10.7. The maximum Gasteiger partial charge on any atom is 0.306 e. The quantitative estimate of drug-likeness (QED) is 0.396. The summed E-state index contributed by atoms with van der Waals surface area (Å²) in [6, 6.07) is 0. The third-order valence-electron chi connectivity index (χ3n) is 4.11. The Kier molecular flexibility index (Phi) is 10.4. The van der Waals surface area contributed by atoms with E-state index in [1.165, 1.54) is 18.4 Å². The van der Waals surface area contributed by atoms with Crippen LogP contribution in [0.15, 0.2) is 11.6 Å². The zero-order valence-corrected chi connectivity index (χ0v) is 14.3. The number of carboxylic acids is 1. The second-order valence-corrected chi connectivity index (χ2v) is 6.67. The molecule has 0 aromatic carbocycles. The number of allylic oxidation sites excluding steroid dienone is 2. The first-order chi connectivity index (χ1) is 9.78. The summed E-state index contributed by atoms with van der Waals surface area (Å²) in [6.45, 7) is 7.96. The summed E-state index contributed by atoms with van der Waals surface area (Å²) in [5.41, 5.74) is 0.751. The standard InChI is InChI=1S/C18H34O3/c1-5-6-7-10-15(2)11-8-13-18(4,21)14-9-12-16(3)17(19)20/h10,16,21H,5-9,11-14H2,1-4H3,(H,19,20). The molecule has 0 spiro atoms. The van der Waals surface area contributed by atoms with E-state index in [9.17, 15) is 9.90 Å². The van der Waals surface area contributed by atoms with Crippen LogP contribution in [0.25, 0.3) is 0 Å². The molecule has 0 bridgehead atoms. The normalized spacial score (nSPS) is 16.5. The van der Waals surface area contributed by atoms with Gasteiger partial charge in [0.25, 0.3) is 0 Å². The second kappa shape index (κ2) is 10.8. The van der Waals surface area contributed by atoms with E-state index in [0.717, 1.165) is 32.1 Å². The lowest BCUT2D eigenvalue weighted by Gasteiger charge is -2.23. The highest BCUT2D eigenvalue weighted by molar-refractivity contribution is 5.69. The van der Waals surface area contributed by atoms with Crippen molar-refractivity contribution in [3.05, 3.63) is 11.6 Å². The van der Waals surface area contributed by atoms with E-state index in [4.69, 9.17) is 5.11 Å². The molecule has 0 saturated carbocycles. The van der Waals surface area contributed by atoms with Crippen LogP contribution in [0.5, 0.6) is 0 Å². The molecule has 0 aliphatic carbocycles. The summed E-state index contributed by atoms with van der Waals surface area (Å²) in [4.78, 5) is 10.7. The minimum atomic E-state index is -0.748. The Morgan fingerprint density at radius 1 is 1.24 bits per heavy atom. The molecular formula is C18H34O3. The second-order valence-electron chi connectivity index (χ2n) is 6.67. The van der Waals surface area contributed by atoms with Crippen LogP contribution in [0.1, 0.15) is 85.5 Å². The molecule has 0 aromatic rings. The number of carbonyl (C=O) groups is 1. The van der Waals surface area contributed by atoms with Crippen LogP contribution in [0, 0.1) is 5.92 Å². The molecule has 0 aromatic heterocycles. The predicted octanol–water partition coefficient (Wildman–Crippen LogP) is 4.94. The number of unbranched alkanes of at least 4 members (excludes halogenated alkanes) is 2. The zero-order chi connectivity index (χ0) is 16.3. The Morgan fingerprint density at radius 2 is 1.86 bits per heavy atom. The highest BCUT2D eigenvalue weighted by Gasteiger charge is 2.20. The van der Waals surface area contributed by atoms with Gasteiger partial charge in [-0.05, 0) is 58.8 Å². The average molecular weight is 298 g/mol. The lowest BCUT2D eigenvalue weighted by molar-refractivity contribution is -0.141. The minimum Gasteiger partial charge on any atom is -0.481 e. The van der Waals surface area contributed by atoms with Crippen molar-refractivity contribution < 1.29 is 15.0 Å². The Labute approximate surface area is 130 Å². The van der Waals surface area contributed by atoms with Crippen LogP contribution in [0.3, 0.4) is 0 Å². The van der Waals surface area contributed by atoms with Gasteiger partial charge in [-0.25, -0.2) is 0 Å². The maximum atomic E-state index is 10.7. The van der Waals surface area contributed by atoms with Crippen molar-refractivity contribution >= 4 is 5.97 Å². The summed E-state index contributed by atoms with van der Waals surface area (Å²) in [6.07, 6.45) is 10.9. The van der Waals surface area contributed by atoms with E-state index in [1.54, 1.807) is 6.92 Å². The number of hydrogen-bond acceptors (Lipinski definition) is 2. The molecule has 3 heteroatoms. The third-order valence-corrected chi connectivity index (χ3v) is 4.11. The van der Waals surface area contributed by atoms with Gasteiger partial charge in [-0.15, -0.1) is 0 Å². The van der Waals surface area contributed by atoms with Gasteiger partial charge >= 0.3 is 5.97 Å². The molecule has 2 unspecified atom stereocenters. The van der Waals surface area contributed by atoms with E-state index >= 15 is 0 Å². The summed E-state index contributed by atoms with van der Waals surface area (Å²) in [7, 11) is 0. The van der Waals surface area contributed by atoms with Crippen molar-refractivity contribution in [1.82, 2.24) is 0 Å². The van der Waals surface area contributed by atoms with Gasteiger partial charge in [-0.3, -0.25) is 4.79 Å². The molecule has 0 saturated heterocycles. The molecule has 0 fully saturated rings. The van der Waals surface area contributed by atoms with Crippen LogP contribution < -0.4 is 0 Å². The fourth-order valence-corrected chi connectivity index (χ4v) is 2.44.